The van der Waals surface area contributed by atoms with Crippen molar-refractivity contribution in [3.05, 3.63) is 66.2 Å². The topological polar surface area (TPSA) is 72.0 Å². The maximum atomic E-state index is 12.1. The Hall–Kier alpha value is -3.54. The van der Waals surface area contributed by atoms with Gasteiger partial charge in [0.1, 0.15) is 11.5 Å². The summed E-state index contributed by atoms with van der Waals surface area (Å²) in [5.41, 5.74) is 3.93. The largest absolute Gasteiger partial charge is 0.493 e. The van der Waals surface area contributed by atoms with Crippen molar-refractivity contribution >= 4 is 28.7 Å². The molecule has 6 nitrogen and oxygen atoms in total. The van der Waals surface area contributed by atoms with Crippen LogP contribution in [0.1, 0.15) is 19.4 Å². The molecule has 0 unspecified atom stereocenters. The first kappa shape index (κ1) is 19.2. The highest BCUT2D eigenvalue weighted by molar-refractivity contribution is 6.06. The van der Waals surface area contributed by atoms with Crippen LogP contribution < -0.4 is 20.2 Å². The van der Waals surface area contributed by atoms with Gasteiger partial charge in [0.25, 0.3) is 0 Å². The highest BCUT2D eigenvalue weighted by atomic mass is 16.5. The van der Waals surface area contributed by atoms with Gasteiger partial charge in [-0.15, -0.1) is 0 Å². The van der Waals surface area contributed by atoms with Crippen molar-refractivity contribution in [2.45, 2.75) is 13.8 Å². The number of benzene rings is 3. The molecule has 0 saturated heterocycles. The smallest absolute Gasteiger partial charge is 0.339 e. The number of hydrazone groups is 1. The van der Waals surface area contributed by atoms with Crippen molar-refractivity contribution in [1.29, 1.82) is 0 Å². The van der Waals surface area contributed by atoms with Crippen LogP contribution in [0.2, 0.25) is 0 Å². The molecule has 0 spiro atoms. The maximum absolute atomic E-state index is 12.1. The predicted molar refractivity (Wildman–Crippen MR) is 112 cm³/mol. The Morgan fingerprint density at radius 1 is 0.929 bits per heavy atom. The van der Waals surface area contributed by atoms with Gasteiger partial charge in [-0.25, -0.2) is 10.2 Å². The highest BCUT2D eigenvalue weighted by Crippen LogP contribution is 2.33. The maximum Gasteiger partial charge on any atom is 0.339 e. The Morgan fingerprint density at radius 3 is 2.43 bits per heavy atom. The fraction of sp³-hybridized carbons (Fsp3) is 0.182. The molecule has 28 heavy (non-hydrogen) atoms. The van der Waals surface area contributed by atoms with Crippen molar-refractivity contribution in [1.82, 2.24) is 5.43 Å². The second-order valence-electron chi connectivity index (χ2n) is 5.89. The molecule has 6 heteroatoms. The lowest BCUT2D eigenvalue weighted by molar-refractivity contribution is 0.252. The molecule has 0 aromatic heterocycles. The van der Waals surface area contributed by atoms with Crippen LogP contribution in [-0.2, 0) is 0 Å². The number of anilines is 1. The average Bonchev–Trinajstić information content (AvgIpc) is 2.70. The van der Waals surface area contributed by atoms with Crippen LogP contribution in [0.25, 0.3) is 10.8 Å². The van der Waals surface area contributed by atoms with Gasteiger partial charge in [-0.1, -0.05) is 36.4 Å². The Labute approximate surface area is 164 Å². The highest BCUT2D eigenvalue weighted by Gasteiger charge is 2.12. The van der Waals surface area contributed by atoms with Crippen molar-refractivity contribution < 1.29 is 14.3 Å². The Kier molecular flexibility index (Phi) is 6.46. The number of ether oxygens (including phenoxy) is 2. The zero-order valence-electron chi connectivity index (χ0n) is 15.9. The Morgan fingerprint density at radius 2 is 1.68 bits per heavy atom. The molecule has 2 N–H and O–H groups in total. The van der Waals surface area contributed by atoms with E-state index < -0.39 is 6.03 Å². The van der Waals surface area contributed by atoms with E-state index in [-0.39, 0.29) is 0 Å². The zero-order valence-corrected chi connectivity index (χ0v) is 15.9. The number of carbonyl (C=O) groups excluding carboxylic acids is 1. The van der Waals surface area contributed by atoms with E-state index in [0.29, 0.717) is 24.7 Å². The second-order valence-corrected chi connectivity index (χ2v) is 5.89. The van der Waals surface area contributed by atoms with Crippen LogP contribution in [0.15, 0.2) is 65.8 Å². The van der Waals surface area contributed by atoms with Gasteiger partial charge in [0.15, 0.2) is 0 Å². The molecule has 0 heterocycles. The van der Waals surface area contributed by atoms with Crippen LogP contribution in [-0.4, -0.2) is 25.5 Å². The molecule has 0 fully saturated rings. The minimum absolute atomic E-state index is 0.425. The van der Waals surface area contributed by atoms with E-state index in [4.69, 9.17) is 9.47 Å². The first-order valence-electron chi connectivity index (χ1n) is 9.19. The quantitative estimate of drug-likeness (QED) is 0.459. The summed E-state index contributed by atoms with van der Waals surface area (Å²) in [5.74, 6) is 1.42. The van der Waals surface area contributed by atoms with Gasteiger partial charge in [-0.05, 0) is 43.5 Å². The zero-order chi connectivity index (χ0) is 19.8. The average molecular weight is 377 g/mol. The molecule has 0 aliphatic carbocycles. The summed E-state index contributed by atoms with van der Waals surface area (Å²) in [4.78, 5) is 12.1. The number of carbonyl (C=O) groups is 1. The number of nitrogens with one attached hydrogen (secondary N) is 2. The van der Waals surface area contributed by atoms with Gasteiger partial charge in [0, 0.05) is 16.6 Å². The minimum atomic E-state index is -0.425. The molecule has 0 saturated carbocycles. The van der Waals surface area contributed by atoms with E-state index in [1.807, 2.05) is 62.4 Å². The fourth-order valence-corrected chi connectivity index (χ4v) is 2.87. The van der Waals surface area contributed by atoms with Crippen molar-refractivity contribution in [3.63, 3.8) is 0 Å². The number of nitrogens with zero attached hydrogens (tertiary/aromatic N) is 1. The summed E-state index contributed by atoms with van der Waals surface area (Å²) < 4.78 is 11.5. The molecule has 3 aromatic carbocycles. The fourth-order valence-electron chi connectivity index (χ4n) is 2.87. The van der Waals surface area contributed by atoms with E-state index in [2.05, 4.69) is 15.8 Å². The molecule has 2 amide bonds. The lowest BCUT2D eigenvalue weighted by Gasteiger charge is -2.14. The van der Waals surface area contributed by atoms with Gasteiger partial charge in [-0.2, -0.15) is 5.10 Å². The Balaban J connectivity index is 1.88. The number of rotatable bonds is 7. The van der Waals surface area contributed by atoms with Gasteiger partial charge >= 0.3 is 6.03 Å². The van der Waals surface area contributed by atoms with Crippen LogP contribution in [0.4, 0.5) is 10.5 Å². The monoisotopic (exact) mass is 377 g/mol. The third-order valence-electron chi connectivity index (χ3n) is 4.00. The van der Waals surface area contributed by atoms with Crippen molar-refractivity contribution in [2.75, 3.05) is 18.5 Å². The molecule has 0 atom stereocenters. The predicted octanol–water partition coefficient (Wildman–Crippen LogP) is 4.79. The molecule has 0 aliphatic heterocycles. The van der Waals surface area contributed by atoms with E-state index in [0.717, 1.165) is 22.1 Å². The summed E-state index contributed by atoms with van der Waals surface area (Å²) in [6, 6.07) is 18.5. The second kappa shape index (κ2) is 9.41. The minimum Gasteiger partial charge on any atom is -0.493 e. The number of urea groups is 1. The third-order valence-corrected chi connectivity index (χ3v) is 4.00. The van der Waals surface area contributed by atoms with Crippen LogP contribution in [0.3, 0.4) is 0 Å². The van der Waals surface area contributed by atoms with Gasteiger partial charge in [0.2, 0.25) is 0 Å². The first-order valence-corrected chi connectivity index (χ1v) is 9.19. The summed E-state index contributed by atoms with van der Waals surface area (Å²) in [6.07, 6.45) is 1.58. The lowest BCUT2D eigenvalue weighted by atomic mass is 10.0. The van der Waals surface area contributed by atoms with E-state index >= 15 is 0 Å². The van der Waals surface area contributed by atoms with E-state index in [1.165, 1.54) is 0 Å². The van der Waals surface area contributed by atoms with Gasteiger partial charge in [0.05, 0.1) is 19.4 Å². The molecule has 144 valence electrons. The summed E-state index contributed by atoms with van der Waals surface area (Å²) >= 11 is 0. The summed E-state index contributed by atoms with van der Waals surface area (Å²) in [7, 11) is 0. The summed E-state index contributed by atoms with van der Waals surface area (Å²) in [5, 5.41) is 8.72. The van der Waals surface area contributed by atoms with E-state index in [9.17, 15) is 4.79 Å². The van der Waals surface area contributed by atoms with E-state index in [1.54, 1.807) is 18.3 Å². The standard InChI is InChI=1S/C22H23N3O3/c1-3-27-19-14-13-16-9-8-12-20(28-4-2)21(16)18(19)15-23-25-22(26)24-17-10-6-5-7-11-17/h5-15H,3-4H2,1-2H3,(H2,24,25,26)/b23-15-. The molecular weight excluding hydrogens is 354 g/mol. The lowest BCUT2D eigenvalue weighted by Crippen LogP contribution is -2.24. The number of amides is 2. The molecular formula is C22H23N3O3. The molecule has 0 radical (unpaired) electrons. The van der Waals surface area contributed by atoms with Crippen molar-refractivity contribution in [2.24, 2.45) is 5.10 Å². The SMILES string of the molecule is CCOc1ccc2cccc(OCC)c2c1/C=N\NC(=O)Nc1ccccc1. The normalized spacial score (nSPS) is 10.8. The van der Waals surface area contributed by atoms with Crippen molar-refractivity contribution in [3.8, 4) is 11.5 Å². The third kappa shape index (κ3) is 4.59. The summed E-state index contributed by atoms with van der Waals surface area (Å²) in [6.45, 7) is 4.93. The van der Waals surface area contributed by atoms with Gasteiger partial charge in [-0.3, -0.25) is 0 Å². The molecule has 0 aliphatic rings. The van der Waals surface area contributed by atoms with Crippen LogP contribution >= 0.6 is 0 Å². The van der Waals surface area contributed by atoms with Crippen LogP contribution in [0, 0.1) is 0 Å². The molecule has 0 bridgehead atoms. The molecule has 3 aromatic rings. The molecule has 3 rings (SSSR count). The number of para-hydroxylation sites is 1. The number of hydrogen-bond acceptors (Lipinski definition) is 4. The van der Waals surface area contributed by atoms with Gasteiger partial charge < -0.3 is 14.8 Å². The van der Waals surface area contributed by atoms with Crippen LogP contribution in [0.5, 0.6) is 11.5 Å². The first-order chi connectivity index (χ1) is 13.7. The number of fused-ring (bicyclic) bond motifs is 1. The Bertz CT molecular complexity index is 971. The number of hydrogen-bond donors (Lipinski definition) is 2.